The number of rotatable bonds is 7. The van der Waals surface area contributed by atoms with Crippen molar-refractivity contribution in [1.82, 2.24) is 26.1 Å². The second-order valence-electron chi connectivity index (χ2n) is 13.5. The SMILES string of the molecule is O=C(NC1CCC(c2nnc(CO)o2)CC1)[C@@H]1NC2(CC(CF)(CF)C2)[C@@]2(C(=O)NC3C=C(Cl)C=CC32)[C@H]1c1cccc(Cl)c1F. The summed E-state index contributed by atoms with van der Waals surface area (Å²) in [5, 5.41) is 26.9. The minimum atomic E-state index is -1.50. The minimum Gasteiger partial charge on any atom is -0.422 e. The van der Waals surface area contributed by atoms with Crippen LogP contribution in [0, 0.1) is 22.6 Å². The van der Waals surface area contributed by atoms with Gasteiger partial charge in [-0.1, -0.05) is 41.4 Å². The number of amides is 2. The Morgan fingerprint density at radius 1 is 1.13 bits per heavy atom. The smallest absolute Gasteiger partial charge is 0.241 e. The molecule has 14 heteroatoms. The molecule has 2 unspecified atom stereocenters. The molecule has 2 spiro atoms. The number of halogens is 5. The van der Waals surface area contributed by atoms with Crippen molar-refractivity contribution < 1.29 is 32.3 Å². The second kappa shape index (κ2) is 11.6. The van der Waals surface area contributed by atoms with Crippen LogP contribution in [0.3, 0.4) is 0 Å². The van der Waals surface area contributed by atoms with E-state index < -0.39 is 71.3 Å². The minimum absolute atomic E-state index is 0.0213. The number of allylic oxidation sites excluding steroid dienone is 2. The van der Waals surface area contributed by atoms with Crippen LogP contribution in [0.15, 0.2) is 45.9 Å². The number of aliphatic hydroxyl groups excluding tert-OH is 1. The number of carbonyl (C=O) groups excluding carboxylic acids is 2. The van der Waals surface area contributed by atoms with Crippen molar-refractivity contribution in [2.24, 2.45) is 16.7 Å². The Bertz CT molecular complexity index is 1600. The molecule has 3 heterocycles. The van der Waals surface area contributed by atoms with Gasteiger partial charge in [-0.3, -0.25) is 23.7 Å². The highest BCUT2D eigenvalue weighted by Gasteiger charge is 2.80. The summed E-state index contributed by atoms with van der Waals surface area (Å²) in [7, 11) is 0. The fourth-order valence-electron chi connectivity index (χ4n) is 9.10. The number of fused-ring (bicyclic) bond motifs is 3. The lowest BCUT2D eigenvalue weighted by Gasteiger charge is -2.60. The fourth-order valence-corrected chi connectivity index (χ4v) is 9.49. The predicted octanol–water partition coefficient (Wildman–Crippen LogP) is 4.50. The van der Waals surface area contributed by atoms with Crippen LogP contribution in [-0.4, -0.2) is 64.1 Å². The molecule has 5 aliphatic rings. The first-order valence-electron chi connectivity index (χ1n) is 15.5. The van der Waals surface area contributed by atoms with E-state index in [1.54, 1.807) is 24.3 Å². The quantitative estimate of drug-likeness (QED) is 0.339. The molecule has 2 saturated carbocycles. The first-order valence-corrected chi connectivity index (χ1v) is 16.3. The van der Waals surface area contributed by atoms with Crippen molar-refractivity contribution in [3.05, 3.63) is 69.6 Å². The highest BCUT2D eigenvalue weighted by atomic mass is 35.5. The van der Waals surface area contributed by atoms with Crippen LogP contribution in [0.1, 0.15) is 67.7 Å². The summed E-state index contributed by atoms with van der Waals surface area (Å²) >= 11 is 12.6. The van der Waals surface area contributed by atoms with Gasteiger partial charge in [0.2, 0.25) is 23.6 Å². The van der Waals surface area contributed by atoms with Crippen LogP contribution in [0.5, 0.6) is 0 Å². The number of nitrogens with one attached hydrogen (secondary N) is 3. The zero-order chi connectivity index (χ0) is 32.4. The molecule has 46 heavy (non-hydrogen) atoms. The predicted molar refractivity (Wildman–Crippen MR) is 162 cm³/mol. The van der Waals surface area contributed by atoms with Crippen molar-refractivity contribution in [3.8, 4) is 0 Å². The van der Waals surface area contributed by atoms with Crippen molar-refractivity contribution in [2.75, 3.05) is 13.3 Å². The van der Waals surface area contributed by atoms with E-state index in [-0.39, 0.29) is 47.9 Å². The first-order chi connectivity index (χ1) is 22.1. The van der Waals surface area contributed by atoms with E-state index in [2.05, 4.69) is 26.1 Å². The maximum atomic E-state index is 16.1. The van der Waals surface area contributed by atoms with Gasteiger partial charge >= 0.3 is 0 Å². The van der Waals surface area contributed by atoms with Gasteiger partial charge < -0.3 is 20.2 Å². The fraction of sp³-hybridized carbons (Fsp3) is 0.562. The van der Waals surface area contributed by atoms with E-state index in [1.165, 1.54) is 12.1 Å². The molecule has 9 nitrogen and oxygen atoms in total. The molecule has 2 saturated heterocycles. The Balaban J connectivity index is 1.25. The standard InChI is InChI=1S/C32H34Cl2F3N5O4/c33-17-6-9-20-22(10-17)39-29(45)32(20)24(19-2-1-3-21(34)25(19)37)26(40-31(32)12-30(13-31,14-35)15-36)27(44)38-18-7-4-16(5-8-18)28-42-41-23(11-43)46-28/h1-3,6,9-10,16,18,20,22,24,26,40,43H,4-5,7-8,11-15H2,(H,38,44)(H,39,45)/t16?,18?,20?,22?,24-,26+,32+/m0/s1. The maximum absolute atomic E-state index is 16.1. The zero-order valence-electron chi connectivity index (χ0n) is 24.7. The van der Waals surface area contributed by atoms with Gasteiger partial charge in [0.25, 0.3) is 0 Å². The molecule has 5 atom stereocenters. The molecule has 246 valence electrons. The van der Waals surface area contributed by atoms with Crippen LogP contribution in [0.4, 0.5) is 13.2 Å². The Labute approximate surface area is 273 Å². The summed E-state index contributed by atoms with van der Waals surface area (Å²) in [6.07, 6.45) is 7.53. The van der Waals surface area contributed by atoms with Crippen LogP contribution >= 0.6 is 23.2 Å². The van der Waals surface area contributed by atoms with E-state index in [9.17, 15) is 23.5 Å². The number of nitrogens with zero attached hydrogens (tertiary/aromatic N) is 2. The lowest BCUT2D eigenvalue weighted by atomic mass is 9.44. The summed E-state index contributed by atoms with van der Waals surface area (Å²) in [4.78, 5) is 28.8. The number of hydrogen-bond acceptors (Lipinski definition) is 7. The topological polar surface area (TPSA) is 129 Å². The van der Waals surface area contributed by atoms with Crippen LogP contribution in [0.2, 0.25) is 5.02 Å². The first kappa shape index (κ1) is 31.7. The average molecular weight is 681 g/mol. The number of aromatic nitrogens is 2. The maximum Gasteiger partial charge on any atom is 0.241 e. The molecule has 7 rings (SSSR count). The largest absolute Gasteiger partial charge is 0.422 e. The summed E-state index contributed by atoms with van der Waals surface area (Å²) in [5.74, 6) is -2.73. The van der Waals surface area contributed by atoms with Gasteiger partial charge in [-0.15, -0.1) is 10.2 Å². The molecular formula is C32H34Cl2F3N5O4. The summed E-state index contributed by atoms with van der Waals surface area (Å²) < 4.78 is 50.3. The molecule has 3 aliphatic carbocycles. The molecule has 1 aromatic heterocycles. The molecule has 4 N–H and O–H groups in total. The van der Waals surface area contributed by atoms with Crippen molar-refractivity contribution in [3.63, 3.8) is 0 Å². The Kier molecular flexibility index (Phi) is 8.01. The van der Waals surface area contributed by atoms with E-state index in [1.807, 2.05) is 0 Å². The third kappa shape index (κ3) is 4.65. The van der Waals surface area contributed by atoms with Crippen molar-refractivity contribution in [1.29, 1.82) is 0 Å². The second-order valence-corrected chi connectivity index (χ2v) is 14.3. The molecule has 2 aliphatic heterocycles. The Morgan fingerprint density at radius 3 is 2.54 bits per heavy atom. The third-order valence-electron chi connectivity index (χ3n) is 11.0. The summed E-state index contributed by atoms with van der Waals surface area (Å²) in [5.41, 5.74) is -3.96. The Hall–Kier alpha value is -2.93. The van der Waals surface area contributed by atoms with Crippen LogP contribution in [0.25, 0.3) is 0 Å². The van der Waals surface area contributed by atoms with Gasteiger partial charge in [0.15, 0.2) is 0 Å². The summed E-state index contributed by atoms with van der Waals surface area (Å²) in [6.45, 7) is -2.21. The lowest BCUT2D eigenvalue weighted by Crippen LogP contribution is -2.70. The van der Waals surface area contributed by atoms with Crippen LogP contribution in [-0.2, 0) is 16.2 Å². The Morgan fingerprint density at radius 2 is 1.87 bits per heavy atom. The van der Waals surface area contributed by atoms with Gasteiger partial charge in [-0.05, 0) is 62.3 Å². The van der Waals surface area contributed by atoms with Crippen molar-refractivity contribution >= 4 is 35.0 Å². The van der Waals surface area contributed by atoms with Crippen LogP contribution < -0.4 is 16.0 Å². The summed E-state index contributed by atoms with van der Waals surface area (Å²) in [6, 6.07) is 2.57. The number of hydrogen-bond donors (Lipinski definition) is 4. The number of benzene rings is 1. The average Bonchev–Trinajstić information content (AvgIpc) is 3.72. The molecular weight excluding hydrogens is 646 g/mol. The third-order valence-corrected chi connectivity index (χ3v) is 11.5. The number of aliphatic hydroxyl groups is 1. The van der Waals surface area contributed by atoms with Crippen molar-refractivity contribution in [2.45, 2.75) is 80.6 Å². The highest BCUT2D eigenvalue weighted by molar-refractivity contribution is 6.31. The van der Waals surface area contributed by atoms with E-state index in [4.69, 9.17) is 27.6 Å². The monoisotopic (exact) mass is 679 g/mol. The van der Waals surface area contributed by atoms with E-state index in [0.29, 0.717) is 36.6 Å². The van der Waals surface area contributed by atoms with Gasteiger partial charge in [0.05, 0.1) is 35.9 Å². The highest BCUT2D eigenvalue weighted by Crippen LogP contribution is 2.70. The zero-order valence-corrected chi connectivity index (χ0v) is 26.3. The molecule has 0 radical (unpaired) electrons. The van der Waals surface area contributed by atoms with Gasteiger partial charge in [0, 0.05) is 39.8 Å². The molecule has 0 bridgehead atoms. The molecule has 2 aromatic rings. The molecule has 2 amide bonds. The van der Waals surface area contributed by atoms with Gasteiger partial charge in [-0.25, -0.2) is 4.39 Å². The van der Waals surface area contributed by atoms with Gasteiger partial charge in [0.1, 0.15) is 12.4 Å². The lowest BCUT2D eigenvalue weighted by molar-refractivity contribution is -0.146. The normalized spacial score (nSPS) is 33.9. The number of carbonyl (C=O) groups is 2. The molecule has 1 aromatic carbocycles. The van der Waals surface area contributed by atoms with E-state index >= 15 is 4.39 Å². The van der Waals surface area contributed by atoms with E-state index in [0.717, 1.165) is 0 Å². The number of alkyl halides is 2. The molecule has 4 fully saturated rings. The van der Waals surface area contributed by atoms with Gasteiger partial charge in [-0.2, -0.15) is 0 Å².